The summed E-state index contributed by atoms with van der Waals surface area (Å²) in [6.45, 7) is 6.09. The average Bonchev–Trinajstić information content (AvgIpc) is 1.26. The highest BCUT2D eigenvalue weighted by atomic mass is 35.5. The molecule has 6 aromatic rings. The summed E-state index contributed by atoms with van der Waals surface area (Å²) >= 11 is 13.9. The maximum atomic E-state index is 15.8. The fraction of sp³-hybridized carbons (Fsp3) is 0.527. The van der Waals surface area contributed by atoms with Crippen LogP contribution in [0.4, 0.5) is 0 Å². The van der Waals surface area contributed by atoms with Crippen molar-refractivity contribution in [3.63, 3.8) is 0 Å². The lowest BCUT2D eigenvalue weighted by Gasteiger charge is -2.36. The molecule has 0 radical (unpaired) electrons. The lowest BCUT2D eigenvalue weighted by atomic mass is 9.89. The van der Waals surface area contributed by atoms with Gasteiger partial charge < -0.3 is 110 Å². The summed E-state index contributed by atoms with van der Waals surface area (Å²) in [6.07, 6.45) is 4.86. The number of likely N-dealkylation sites (N-methyl/N-ethyl adjacent to an activating group) is 4. The molecule has 40 nitrogen and oxygen atoms in total. The molecule has 134 heavy (non-hydrogen) atoms. The Morgan fingerprint density at radius 3 is 1.78 bits per heavy atom. The van der Waals surface area contributed by atoms with Crippen molar-refractivity contribution in [1.82, 2.24) is 92.3 Å². The first kappa shape index (κ1) is 107. The number of amides is 15. The van der Waals surface area contributed by atoms with Gasteiger partial charge in [-0.15, -0.1) is 11.8 Å². The lowest BCUT2D eigenvalue weighted by Crippen LogP contribution is -2.60. The molecule has 0 saturated carbocycles. The van der Waals surface area contributed by atoms with Crippen LogP contribution in [0.3, 0.4) is 0 Å². The number of nitrogens with two attached hydrogens (primary N) is 3. The van der Waals surface area contributed by atoms with Crippen molar-refractivity contribution in [3.05, 3.63) is 124 Å². The topological polar surface area (TPSA) is 597 Å². The van der Waals surface area contributed by atoms with E-state index in [2.05, 4.69) is 67.8 Å². The van der Waals surface area contributed by atoms with Gasteiger partial charge in [0, 0.05) is 141 Å². The van der Waals surface area contributed by atoms with Crippen LogP contribution in [-0.2, 0) is 107 Å². The van der Waals surface area contributed by atoms with E-state index in [0.717, 1.165) is 26.5 Å². The standard InChI is InChI=1S/C91H126Cl2N22O18S/c1-10-12-22-72-84(127)105-65(21-17-29-99-91(96)97)82(125)110-71(81(124)102-44-77(95)120)47-134-48-78(121)104-68(32-52-19-15-14-16-20-52)88(131)112(7)51(5)79(122)107-69(40-76(94)119)89(132)115-30-18-24-73(115)85(128)106-66(39-59-43-98-49-103-59)83(126)108-67(31-50(3)4)87(130)111(6)45-60(117)35-53(33-55-41-100-63-27-25-57(92)37-61(55)63)80(123)109-70(46-116)75(118)36-54(34-56-42-101-64-28-26-58(93)38-62(56)64)86(129)114(9)74(23-13-11-2)90(133)113(72)8/h14-16,19-20,25-28,37-38,41-43,49-51,53-54,65-74,100-101,116H,10-13,17-18,21-24,29-36,39-40,44-48H2,1-9H3,(H2,94,119)(H2,95,120)(H,98,103)(H,102,124)(H,104,121)(H,105,127)(H,106,128)(H,107,122)(H,108,126)(H,109,123)(H,110,125)(H4,96,97,99)/t51-,53+,54+,65-,66-,67-,68-,69-,70-,71-,72-,73-,74-/m0/s1. The number of primary amides is 2. The third kappa shape index (κ3) is 31.0. The molecule has 2 fully saturated rings. The number of aromatic nitrogens is 4. The Bertz CT molecular complexity index is 5170. The molecule has 0 spiro atoms. The summed E-state index contributed by atoms with van der Waals surface area (Å²) in [5.41, 5.74) is 19.9. The van der Waals surface area contributed by atoms with Gasteiger partial charge >= 0.3 is 0 Å². The van der Waals surface area contributed by atoms with E-state index in [0.29, 0.717) is 79.9 Å². The van der Waals surface area contributed by atoms with Crippen molar-refractivity contribution in [3.8, 4) is 0 Å². The predicted molar refractivity (Wildman–Crippen MR) is 502 cm³/mol. The van der Waals surface area contributed by atoms with Crippen LogP contribution in [0.2, 0.25) is 10.0 Å². The largest absolute Gasteiger partial charge is 0.394 e. The number of aliphatic hydroxyl groups is 1. The molecular weight excluding hydrogens is 1790 g/mol. The van der Waals surface area contributed by atoms with E-state index in [1.807, 2.05) is 13.8 Å². The number of H-pyrrole nitrogens is 3. The first-order valence-electron chi connectivity index (χ1n) is 44.9. The quantitative estimate of drug-likeness (QED) is 0.0207. The minimum atomic E-state index is -1.75. The number of hydrogen-bond acceptors (Lipinski definition) is 21. The van der Waals surface area contributed by atoms with Gasteiger partial charge in [0.2, 0.25) is 88.6 Å². The number of nitrogens with zero attached hydrogens (tertiary/aromatic N) is 6. The maximum absolute atomic E-state index is 15.8. The molecule has 0 aliphatic carbocycles. The van der Waals surface area contributed by atoms with Crippen molar-refractivity contribution < 1.29 is 86.6 Å². The average molecular weight is 1920 g/mol. The number of halogens is 2. The monoisotopic (exact) mass is 1920 g/mol. The van der Waals surface area contributed by atoms with Gasteiger partial charge in [-0.1, -0.05) is 107 Å². The highest BCUT2D eigenvalue weighted by Crippen LogP contribution is 2.31. The minimum absolute atomic E-state index is 0.000754. The summed E-state index contributed by atoms with van der Waals surface area (Å²) in [6, 6.07) is 2.01. The number of fused-ring (bicyclic) bond motifs is 3. The number of carbonyl (C=O) groups excluding carboxylic acids is 17. The number of imidazole rings is 1. The van der Waals surface area contributed by atoms with E-state index in [1.54, 1.807) is 93.0 Å². The SMILES string of the molecule is CCCC[C@H]1C(=O)N(C)[C@@H](CCCC)C(=O)N[C@@H](CCCNC(=N)N)C(=O)N[C@H](C(=O)NCC(N)=O)CSCC(=O)N[C@@H](Cc2ccccc2)C(=O)N(C)[C@@H](C)C(=O)N[C@@H](CC(N)=O)C(=O)N2CCC[C@H]2C(=O)N[C@@H](Cc2cnc[nH]2)C(=O)N[C@@H](CC(C)C)C(=O)N(C)CC(=O)C[C@@H](Cc2c[nH]c3ccc(Cl)cc23)C(=O)N[C@@H](CO)C(=O)C[C@@H](Cc2c[nH]c3ccc(Cl)cc23)C(=O)N1C. The van der Waals surface area contributed by atoms with E-state index in [1.165, 1.54) is 57.4 Å². The highest BCUT2D eigenvalue weighted by Gasteiger charge is 2.44. The number of benzene rings is 3. The van der Waals surface area contributed by atoms with Crippen molar-refractivity contribution in [2.24, 2.45) is 35.0 Å². The van der Waals surface area contributed by atoms with E-state index >= 15 is 24.0 Å². The molecule has 13 atom stereocenters. The van der Waals surface area contributed by atoms with Crippen LogP contribution < -0.4 is 65.1 Å². The van der Waals surface area contributed by atoms with Crippen LogP contribution in [0.15, 0.2) is 91.6 Å². The molecule has 2 aliphatic heterocycles. The first-order valence-corrected chi connectivity index (χ1v) is 46.8. The van der Waals surface area contributed by atoms with Crippen molar-refractivity contribution in [2.75, 3.05) is 72.5 Å². The Hall–Kier alpha value is -12.5. The van der Waals surface area contributed by atoms with Crippen LogP contribution in [0.1, 0.15) is 147 Å². The fourth-order valence-electron chi connectivity index (χ4n) is 16.4. The Morgan fingerprint density at radius 1 is 0.590 bits per heavy atom. The van der Waals surface area contributed by atoms with Crippen LogP contribution in [-0.4, -0.2) is 295 Å². The Morgan fingerprint density at radius 2 is 1.19 bits per heavy atom. The summed E-state index contributed by atoms with van der Waals surface area (Å²) in [7, 11) is 5.31. The summed E-state index contributed by atoms with van der Waals surface area (Å²) in [4.78, 5) is 268. The maximum Gasteiger partial charge on any atom is 0.246 e. The number of rotatable bonds is 26. The molecule has 15 amide bonds. The Kier molecular flexibility index (Phi) is 41.2. The second-order valence-electron chi connectivity index (χ2n) is 34.6. The second-order valence-corrected chi connectivity index (χ2v) is 36.5. The number of hydrogen-bond donors (Lipinski definition) is 17. The van der Waals surface area contributed by atoms with Gasteiger partial charge in [-0.05, 0) is 124 Å². The first-order chi connectivity index (χ1) is 63.7. The van der Waals surface area contributed by atoms with Crippen molar-refractivity contribution >= 4 is 163 Å². The number of Topliss-reactive ketones (excluding diaryl/α,β-unsaturated/α-hetero) is 2. The van der Waals surface area contributed by atoms with Gasteiger partial charge in [0.15, 0.2) is 17.5 Å². The van der Waals surface area contributed by atoms with E-state index < -0.39 is 235 Å². The van der Waals surface area contributed by atoms with Gasteiger partial charge in [0.1, 0.15) is 66.5 Å². The molecule has 20 N–H and O–H groups in total. The Labute approximate surface area is 791 Å². The molecular formula is C91H126Cl2N22O18S. The molecule has 3 aromatic carbocycles. The Balaban J connectivity index is 1.19. The van der Waals surface area contributed by atoms with Crippen LogP contribution in [0, 0.1) is 23.2 Å². The molecule has 43 heteroatoms. The normalized spacial score (nSPS) is 23.5. The zero-order valence-corrected chi connectivity index (χ0v) is 79.2. The number of aromatic amines is 3. The number of guanidine groups is 1. The van der Waals surface area contributed by atoms with Gasteiger partial charge in [0.05, 0.1) is 38.2 Å². The number of unbranched alkanes of at least 4 members (excludes halogenated alkanes) is 2. The minimum Gasteiger partial charge on any atom is -0.394 e. The summed E-state index contributed by atoms with van der Waals surface area (Å²) in [5, 5.41) is 44.7. The number of nitrogens with one attached hydrogen (secondary N) is 13. The van der Waals surface area contributed by atoms with E-state index in [-0.39, 0.29) is 89.6 Å². The molecule has 728 valence electrons. The second kappa shape index (κ2) is 51.7. The van der Waals surface area contributed by atoms with Gasteiger partial charge in [-0.2, -0.15) is 0 Å². The molecule has 2 aliphatic rings. The number of aliphatic hydroxyl groups excluding tert-OH is 1. The number of ketones is 2. The predicted octanol–water partition coefficient (Wildman–Crippen LogP) is 1.35. The highest BCUT2D eigenvalue weighted by molar-refractivity contribution is 8.00. The third-order valence-corrected chi connectivity index (χ3v) is 25.3. The number of thioether (sulfide) groups is 1. The summed E-state index contributed by atoms with van der Waals surface area (Å²) in [5.74, 6) is -19.2. The molecule has 8 rings (SSSR count). The lowest BCUT2D eigenvalue weighted by molar-refractivity contribution is -0.150. The summed E-state index contributed by atoms with van der Waals surface area (Å²) < 4.78 is 0. The molecule has 3 aromatic heterocycles. The molecule has 0 unspecified atom stereocenters. The van der Waals surface area contributed by atoms with Crippen LogP contribution >= 0.6 is 35.0 Å². The number of carbonyl (C=O) groups is 17. The fourth-order valence-corrected chi connectivity index (χ4v) is 17.6. The van der Waals surface area contributed by atoms with Crippen molar-refractivity contribution in [2.45, 2.75) is 217 Å². The third-order valence-electron chi connectivity index (χ3n) is 23.8. The molecule has 2 saturated heterocycles. The van der Waals surface area contributed by atoms with Crippen LogP contribution in [0.25, 0.3) is 21.8 Å². The van der Waals surface area contributed by atoms with Gasteiger partial charge in [0.25, 0.3) is 0 Å². The zero-order chi connectivity index (χ0) is 98.3. The van der Waals surface area contributed by atoms with Crippen molar-refractivity contribution in [1.29, 1.82) is 5.41 Å². The van der Waals surface area contributed by atoms with Gasteiger partial charge in [-0.3, -0.25) is 86.9 Å². The van der Waals surface area contributed by atoms with Gasteiger partial charge in [-0.25, -0.2) is 4.98 Å². The molecule has 5 heterocycles. The van der Waals surface area contributed by atoms with E-state index in [4.69, 9.17) is 45.8 Å². The van der Waals surface area contributed by atoms with E-state index in [9.17, 15) is 62.6 Å². The smallest absolute Gasteiger partial charge is 0.246 e. The molecule has 0 bridgehead atoms. The van der Waals surface area contributed by atoms with Crippen LogP contribution in [0.5, 0.6) is 0 Å². The zero-order valence-electron chi connectivity index (χ0n) is 76.9.